The first-order valence-electron chi connectivity index (χ1n) is 14.9. The number of hydrogen-bond acceptors (Lipinski definition) is 3. The van der Waals surface area contributed by atoms with Gasteiger partial charge in [-0.25, -0.2) is 4.39 Å². The van der Waals surface area contributed by atoms with E-state index in [4.69, 9.17) is 4.74 Å². The van der Waals surface area contributed by atoms with Crippen molar-refractivity contribution in [2.75, 3.05) is 26.2 Å². The molecule has 2 saturated heterocycles. The van der Waals surface area contributed by atoms with Gasteiger partial charge in [0.25, 0.3) is 0 Å². The van der Waals surface area contributed by atoms with E-state index < -0.39 is 5.41 Å². The van der Waals surface area contributed by atoms with E-state index >= 15 is 4.39 Å². The number of aryl methyl sites for hydroxylation is 1. The number of halogens is 1. The molecule has 0 aromatic heterocycles. The summed E-state index contributed by atoms with van der Waals surface area (Å²) in [6, 6.07) is 14.9. The van der Waals surface area contributed by atoms with Crippen LogP contribution in [0.5, 0.6) is 0 Å². The number of piperidine rings is 1. The average Bonchev–Trinajstić information content (AvgIpc) is 3.30. The van der Waals surface area contributed by atoms with E-state index in [-0.39, 0.29) is 29.8 Å². The number of nitrogens with zero attached hydrogens (tertiary/aromatic N) is 1. The monoisotopic (exact) mass is 518 g/mol. The molecule has 3 fully saturated rings. The summed E-state index contributed by atoms with van der Waals surface area (Å²) >= 11 is 0. The molecule has 0 bridgehead atoms. The minimum Gasteiger partial charge on any atom is -0.377 e. The van der Waals surface area contributed by atoms with Gasteiger partial charge in [0.2, 0.25) is 5.91 Å². The minimum absolute atomic E-state index is 0.00211. The molecule has 1 spiro atoms. The molecule has 0 radical (unpaired) electrons. The van der Waals surface area contributed by atoms with E-state index in [1.54, 1.807) is 6.07 Å². The number of rotatable bonds is 3. The van der Waals surface area contributed by atoms with Crippen molar-refractivity contribution < 1.29 is 13.9 Å². The number of hydrogen-bond donors (Lipinski definition) is 1. The highest BCUT2D eigenvalue weighted by Crippen LogP contribution is 2.46. The predicted molar refractivity (Wildman–Crippen MR) is 149 cm³/mol. The summed E-state index contributed by atoms with van der Waals surface area (Å²) in [5, 5.41) is 3.51. The number of carbonyl (C=O) groups is 1. The van der Waals surface area contributed by atoms with E-state index in [2.05, 4.69) is 53.5 Å². The standard InChI is InChI=1S/C33H43FN2O2/c1-22-15-27-17-23(2)38-21-33(31(27)29(34)16-22)20-35-19-28(33)32(37)36-14-13-26(24-9-5-3-6-10-24)18-30(36)25-11-7-4-8-12-25/h3,5-6,9-10,15-16,23,25-26,28,30,35H,4,7-8,11-14,17-21H2,1-2H3/t23-,26-,28?,30+,33+/m1/s1. The molecular formula is C33H43FN2O2. The zero-order chi connectivity index (χ0) is 26.3. The Morgan fingerprint density at radius 3 is 2.68 bits per heavy atom. The summed E-state index contributed by atoms with van der Waals surface area (Å²) in [5.41, 5.74) is 3.41. The Hall–Kier alpha value is -2.24. The molecule has 3 heterocycles. The third-order valence-corrected chi connectivity index (χ3v) is 10.1. The average molecular weight is 519 g/mol. The van der Waals surface area contributed by atoms with Crippen molar-refractivity contribution in [2.24, 2.45) is 11.8 Å². The van der Waals surface area contributed by atoms with Crippen molar-refractivity contribution >= 4 is 5.91 Å². The first kappa shape index (κ1) is 26.0. The Labute approximate surface area is 227 Å². The van der Waals surface area contributed by atoms with E-state index in [1.807, 2.05) is 6.92 Å². The van der Waals surface area contributed by atoms with E-state index in [1.165, 1.54) is 37.7 Å². The fourth-order valence-electron chi connectivity index (χ4n) is 8.23. The lowest BCUT2D eigenvalue weighted by molar-refractivity contribution is -0.144. The highest BCUT2D eigenvalue weighted by molar-refractivity contribution is 5.82. The maximum Gasteiger partial charge on any atom is 0.228 e. The molecule has 2 aromatic carbocycles. The summed E-state index contributed by atoms with van der Waals surface area (Å²) in [6.45, 7) is 6.35. The summed E-state index contributed by atoms with van der Waals surface area (Å²) in [5.74, 6) is 0.766. The van der Waals surface area contributed by atoms with Crippen LogP contribution >= 0.6 is 0 Å². The van der Waals surface area contributed by atoms with Gasteiger partial charge in [0.1, 0.15) is 5.82 Å². The molecule has 38 heavy (non-hydrogen) atoms. The Bertz CT molecular complexity index is 1150. The number of nitrogens with one attached hydrogen (secondary N) is 1. The summed E-state index contributed by atoms with van der Waals surface area (Å²) in [6.07, 6.45) is 8.96. The first-order chi connectivity index (χ1) is 18.5. The molecule has 2 aromatic rings. The Morgan fingerprint density at radius 1 is 1.11 bits per heavy atom. The summed E-state index contributed by atoms with van der Waals surface area (Å²) in [4.78, 5) is 16.9. The van der Waals surface area contributed by atoms with Gasteiger partial charge in [0.05, 0.1) is 18.6 Å². The van der Waals surface area contributed by atoms with Gasteiger partial charge in [0.15, 0.2) is 0 Å². The molecule has 6 rings (SSSR count). The fourth-order valence-corrected chi connectivity index (χ4v) is 8.23. The number of fused-ring (bicyclic) bond motifs is 2. The molecule has 1 amide bonds. The van der Waals surface area contributed by atoms with Crippen molar-refractivity contribution in [3.05, 3.63) is 70.5 Å². The van der Waals surface area contributed by atoms with Gasteiger partial charge in [-0.3, -0.25) is 4.79 Å². The Balaban J connectivity index is 1.34. The van der Waals surface area contributed by atoms with Gasteiger partial charge in [-0.1, -0.05) is 55.7 Å². The van der Waals surface area contributed by atoms with E-state index in [0.717, 1.165) is 36.1 Å². The molecule has 1 unspecified atom stereocenters. The summed E-state index contributed by atoms with van der Waals surface area (Å²) in [7, 11) is 0. The lowest BCUT2D eigenvalue weighted by atomic mass is 9.69. The molecule has 5 atom stereocenters. The Morgan fingerprint density at radius 2 is 1.89 bits per heavy atom. The highest BCUT2D eigenvalue weighted by Gasteiger charge is 2.54. The largest absolute Gasteiger partial charge is 0.377 e. The number of likely N-dealkylation sites (tertiary alicyclic amines) is 1. The van der Waals surface area contributed by atoms with Gasteiger partial charge in [-0.05, 0) is 80.5 Å². The van der Waals surface area contributed by atoms with Crippen LogP contribution in [0.25, 0.3) is 0 Å². The van der Waals surface area contributed by atoms with Crippen molar-refractivity contribution in [1.82, 2.24) is 10.2 Å². The van der Waals surface area contributed by atoms with Crippen LogP contribution in [0, 0.1) is 24.6 Å². The maximum absolute atomic E-state index is 15.8. The lowest BCUT2D eigenvalue weighted by Crippen LogP contribution is -2.55. The van der Waals surface area contributed by atoms with Crippen LogP contribution in [0.15, 0.2) is 42.5 Å². The lowest BCUT2D eigenvalue weighted by Gasteiger charge is -2.47. The smallest absolute Gasteiger partial charge is 0.228 e. The number of amides is 1. The third-order valence-electron chi connectivity index (χ3n) is 10.1. The topological polar surface area (TPSA) is 41.6 Å². The number of benzene rings is 2. The molecular weight excluding hydrogens is 475 g/mol. The molecule has 5 heteroatoms. The normalized spacial score (nSPS) is 32.2. The highest BCUT2D eigenvalue weighted by atomic mass is 19.1. The van der Waals surface area contributed by atoms with Gasteiger partial charge in [-0.15, -0.1) is 0 Å². The van der Waals surface area contributed by atoms with Gasteiger partial charge in [0, 0.05) is 36.7 Å². The van der Waals surface area contributed by atoms with Crippen LogP contribution in [0.1, 0.15) is 80.0 Å². The molecule has 204 valence electrons. The zero-order valence-corrected chi connectivity index (χ0v) is 23.1. The first-order valence-corrected chi connectivity index (χ1v) is 14.9. The summed E-state index contributed by atoms with van der Waals surface area (Å²) < 4.78 is 22.1. The molecule has 4 nitrogen and oxygen atoms in total. The minimum atomic E-state index is -0.664. The van der Waals surface area contributed by atoms with Crippen LogP contribution in [0.2, 0.25) is 0 Å². The van der Waals surface area contributed by atoms with Crippen molar-refractivity contribution in [1.29, 1.82) is 0 Å². The second kappa shape index (κ2) is 10.7. The fraction of sp³-hybridized carbons (Fsp3) is 0.606. The van der Waals surface area contributed by atoms with Crippen LogP contribution in [0.4, 0.5) is 4.39 Å². The Kier molecular flexibility index (Phi) is 7.34. The molecule has 1 aliphatic carbocycles. The van der Waals surface area contributed by atoms with Gasteiger partial charge >= 0.3 is 0 Å². The zero-order valence-electron chi connectivity index (χ0n) is 23.1. The quantitative estimate of drug-likeness (QED) is 0.550. The maximum atomic E-state index is 15.8. The number of carbonyl (C=O) groups excluding carboxylic acids is 1. The molecule has 1 saturated carbocycles. The SMILES string of the molecule is Cc1cc(F)c2c(c1)C[C@@H](C)OC[C@]21CNCC1C(=O)N1CC[C@@H](c2ccccc2)C[C@H]1C1CCCCC1. The second-order valence-corrected chi connectivity index (χ2v) is 12.6. The van der Waals surface area contributed by atoms with E-state index in [9.17, 15) is 4.79 Å². The number of ether oxygens (including phenoxy) is 1. The predicted octanol–water partition coefficient (Wildman–Crippen LogP) is 5.91. The molecule has 3 aliphatic heterocycles. The van der Waals surface area contributed by atoms with Crippen LogP contribution < -0.4 is 5.32 Å². The van der Waals surface area contributed by atoms with Crippen LogP contribution in [-0.4, -0.2) is 49.2 Å². The van der Waals surface area contributed by atoms with E-state index in [0.29, 0.717) is 38.0 Å². The molecule has 1 N–H and O–H groups in total. The van der Waals surface area contributed by atoms with Gasteiger partial charge in [-0.2, -0.15) is 0 Å². The van der Waals surface area contributed by atoms with Crippen LogP contribution in [0.3, 0.4) is 0 Å². The third kappa shape index (κ3) is 4.70. The van der Waals surface area contributed by atoms with Gasteiger partial charge < -0.3 is 15.0 Å². The van der Waals surface area contributed by atoms with Crippen molar-refractivity contribution in [2.45, 2.75) is 88.7 Å². The second-order valence-electron chi connectivity index (χ2n) is 12.6. The van der Waals surface area contributed by atoms with Crippen molar-refractivity contribution in [3.63, 3.8) is 0 Å². The van der Waals surface area contributed by atoms with Crippen molar-refractivity contribution in [3.8, 4) is 0 Å². The van der Waals surface area contributed by atoms with Crippen LogP contribution in [-0.2, 0) is 21.4 Å². The molecule has 4 aliphatic rings.